The van der Waals surface area contributed by atoms with Gasteiger partial charge in [-0.3, -0.25) is 9.59 Å². The van der Waals surface area contributed by atoms with E-state index < -0.39 is 0 Å². The Morgan fingerprint density at radius 3 is 2.48 bits per heavy atom. The van der Waals surface area contributed by atoms with Crippen LogP contribution in [0.5, 0.6) is 0 Å². The molecule has 0 saturated carbocycles. The summed E-state index contributed by atoms with van der Waals surface area (Å²) in [5.41, 5.74) is 2.21. The van der Waals surface area contributed by atoms with Gasteiger partial charge >= 0.3 is 0 Å². The number of rotatable bonds is 4. The van der Waals surface area contributed by atoms with Crippen molar-refractivity contribution in [3.63, 3.8) is 0 Å². The molecule has 2 aliphatic rings. The normalized spacial score (nSPS) is 18.0. The quantitative estimate of drug-likeness (QED) is 0.571. The number of likely N-dealkylation sites (tertiary alicyclic amines) is 2. The van der Waals surface area contributed by atoms with Crippen LogP contribution in [-0.2, 0) is 11.3 Å². The molecule has 8 heteroatoms. The van der Waals surface area contributed by atoms with Gasteiger partial charge in [-0.25, -0.2) is 9.67 Å². The van der Waals surface area contributed by atoms with Gasteiger partial charge in [0.25, 0.3) is 5.91 Å². The van der Waals surface area contributed by atoms with Crippen molar-refractivity contribution in [2.45, 2.75) is 52.0 Å². The fourth-order valence-electron chi connectivity index (χ4n) is 5.06. The van der Waals surface area contributed by atoms with Crippen LogP contribution in [0.4, 0.5) is 0 Å². The van der Waals surface area contributed by atoms with Gasteiger partial charge in [-0.2, -0.15) is 5.10 Å². The smallest absolute Gasteiger partial charge is 0.254 e. The fourth-order valence-corrected chi connectivity index (χ4v) is 5.74. The second-order valence-electron chi connectivity index (χ2n) is 9.04. The molecule has 2 saturated heterocycles. The summed E-state index contributed by atoms with van der Waals surface area (Å²) in [4.78, 5) is 36.5. The number of piperidine rings is 1. The zero-order chi connectivity index (χ0) is 22.8. The Kier molecular flexibility index (Phi) is 6.44. The molecule has 2 fully saturated rings. The molecular formula is C25H31N5O2S. The van der Waals surface area contributed by atoms with E-state index in [1.54, 1.807) is 17.5 Å². The summed E-state index contributed by atoms with van der Waals surface area (Å²) in [6.07, 6.45) is 7.89. The van der Waals surface area contributed by atoms with Crippen molar-refractivity contribution in [1.29, 1.82) is 0 Å². The third-order valence-corrected chi connectivity index (χ3v) is 7.85. The van der Waals surface area contributed by atoms with E-state index in [1.165, 1.54) is 12.8 Å². The molecular weight excluding hydrogens is 434 g/mol. The number of carbonyl (C=O) groups excluding carboxylic acids is 2. The van der Waals surface area contributed by atoms with Gasteiger partial charge in [0.1, 0.15) is 0 Å². The Morgan fingerprint density at radius 1 is 1.06 bits per heavy atom. The number of hydrogen-bond acceptors (Lipinski definition) is 5. The van der Waals surface area contributed by atoms with Gasteiger partial charge in [-0.05, 0) is 50.1 Å². The van der Waals surface area contributed by atoms with E-state index in [1.807, 2.05) is 40.1 Å². The standard InChI is InChI=1S/C25H31N5O2S/c1-2-30-23-20(17-26-30)19(16-21(27-23)22-8-7-15-33-22)25(32)29-13-9-18(10-14-29)24(31)28-11-5-3-4-6-12-28/h7-8,15-18H,2-6,9-14H2,1H3. The van der Waals surface area contributed by atoms with E-state index in [0.717, 1.165) is 60.4 Å². The lowest BCUT2D eigenvalue weighted by molar-refractivity contribution is -0.136. The van der Waals surface area contributed by atoms with Crippen molar-refractivity contribution < 1.29 is 9.59 Å². The molecule has 0 bridgehead atoms. The molecule has 3 aromatic heterocycles. The van der Waals surface area contributed by atoms with Crippen LogP contribution in [0, 0.1) is 5.92 Å². The predicted octanol–water partition coefficient (Wildman–Crippen LogP) is 4.43. The average molecular weight is 466 g/mol. The summed E-state index contributed by atoms with van der Waals surface area (Å²) in [5, 5.41) is 7.27. The van der Waals surface area contributed by atoms with E-state index in [9.17, 15) is 9.59 Å². The summed E-state index contributed by atoms with van der Waals surface area (Å²) in [6, 6.07) is 5.93. The predicted molar refractivity (Wildman–Crippen MR) is 130 cm³/mol. The second-order valence-corrected chi connectivity index (χ2v) is 9.98. The fraction of sp³-hybridized carbons (Fsp3) is 0.520. The molecule has 0 unspecified atom stereocenters. The number of aryl methyl sites for hydroxylation is 1. The molecule has 3 aromatic rings. The van der Waals surface area contributed by atoms with Crippen molar-refractivity contribution in [2.75, 3.05) is 26.2 Å². The highest BCUT2D eigenvalue weighted by molar-refractivity contribution is 7.13. The van der Waals surface area contributed by atoms with Gasteiger partial charge in [0, 0.05) is 38.6 Å². The minimum Gasteiger partial charge on any atom is -0.342 e. The van der Waals surface area contributed by atoms with Crippen molar-refractivity contribution >= 4 is 34.2 Å². The van der Waals surface area contributed by atoms with E-state index in [4.69, 9.17) is 4.98 Å². The summed E-state index contributed by atoms with van der Waals surface area (Å²) in [7, 11) is 0. The van der Waals surface area contributed by atoms with Crippen LogP contribution in [0.15, 0.2) is 29.8 Å². The maximum absolute atomic E-state index is 13.6. The molecule has 0 atom stereocenters. The molecule has 2 amide bonds. The Bertz CT molecular complexity index is 1120. The van der Waals surface area contributed by atoms with Crippen LogP contribution >= 0.6 is 11.3 Å². The number of pyridine rings is 1. The van der Waals surface area contributed by atoms with E-state index in [-0.39, 0.29) is 11.8 Å². The first-order valence-corrected chi connectivity index (χ1v) is 13.0. The van der Waals surface area contributed by atoms with Gasteiger partial charge < -0.3 is 9.80 Å². The summed E-state index contributed by atoms with van der Waals surface area (Å²) < 4.78 is 1.84. The first-order chi connectivity index (χ1) is 16.2. The summed E-state index contributed by atoms with van der Waals surface area (Å²) >= 11 is 1.62. The minimum absolute atomic E-state index is 0.0107. The summed E-state index contributed by atoms with van der Waals surface area (Å²) in [6.45, 7) is 5.73. The maximum atomic E-state index is 13.6. The van der Waals surface area contributed by atoms with Crippen LogP contribution in [-0.4, -0.2) is 62.6 Å². The number of nitrogens with zero attached hydrogens (tertiary/aromatic N) is 5. The van der Waals surface area contributed by atoms with E-state index in [0.29, 0.717) is 31.1 Å². The third kappa shape index (κ3) is 4.40. The molecule has 2 aliphatic heterocycles. The molecule has 5 heterocycles. The van der Waals surface area contributed by atoms with Gasteiger partial charge in [0.2, 0.25) is 5.91 Å². The molecule has 0 radical (unpaired) electrons. The monoisotopic (exact) mass is 465 g/mol. The average Bonchev–Trinajstić information content (AvgIpc) is 3.46. The van der Waals surface area contributed by atoms with Crippen molar-refractivity contribution in [1.82, 2.24) is 24.6 Å². The Balaban J connectivity index is 1.35. The van der Waals surface area contributed by atoms with Crippen LogP contribution in [0.1, 0.15) is 55.8 Å². The molecule has 7 nitrogen and oxygen atoms in total. The number of amides is 2. The molecule has 5 rings (SSSR count). The molecule has 0 aromatic carbocycles. The number of hydrogen-bond donors (Lipinski definition) is 0. The highest BCUT2D eigenvalue weighted by atomic mass is 32.1. The van der Waals surface area contributed by atoms with Crippen LogP contribution < -0.4 is 0 Å². The highest BCUT2D eigenvalue weighted by Crippen LogP contribution is 2.30. The first-order valence-electron chi connectivity index (χ1n) is 12.1. The lowest BCUT2D eigenvalue weighted by Crippen LogP contribution is -2.44. The van der Waals surface area contributed by atoms with Gasteiger partial charge in [-0.1, -0.05) is 18.9 Å². The van der Waals surface area contributed by atoms with Crippen molar-refractivity contribution in [2.24, 2.45) is 5.92 Å². The zero-order valence-electron chi connectivity index (χ0n) is 19.2. The SMILES string of the molecule is CCn1ncc2c(C(=O)N3CCC(C(=O)N4CCCCCC4)CC3)cc(-c3cccs3)nc21. The van der Waals surface area contributed by atoms with E-state index in [2.05, 4.69) is 10.00 Å². The second kappa shape index (κ2) is 9.63. The highest BCUT2D eigenvalue weighted by Gasteiger charge is 2.31. The summed E-state index contributed by atoms with van der Waals surface area (Å²) in [5.74, 6) is 0.338. The van der Waals surface area contributed by atoms with Gasteiger partial charge in [-0.15, -0.1) is 11.3 Å². The zero-order valence-corrected chi connectivity index (χ0v) is 20.0. The lowest BCUT2D eigenvalue weighted by Gasteiger charge is -2.34. The van der Waals surface area contributed by atoms with Crippen LogP contribution in [0.2, 0.25) is 0 Å². The molecule has 0 N–H and O–H groups in total. The minimum atomic E-state index is 0.0107. The Hall–Kier alpha value is -2.74. The Morgan fingerprint density at radius 2 is 1.82 bits per heavy atom. The van der Waals surface area contributed by atoms with Crippen LogP contribution in [0.25, 0.3) is 21.6 Å². The maximum Gasteiger partial charge on any atom is 0.254 e. The largest absolute Gasteiger partial charge is 0.342 e. The number of fused-ring (bicyclic) bond motifs is 1. The topological polar surface area (TPSA) is 71.3 Å². The molecule has 174 valence electrons. The Labute approximate surface area is 198 Å². The number of thiophene rings is 1. The molecule has 33 heavy (non-hydrogen) atoms. The molecule has 0 aliphatic carbocycles. The number of aromatic nitrogens is 3. The third-order valence-electron chi connectivity index (χ3n) is 6.96. The first kappa shape index (κ1) is 22.1. The van der Waals surface area contributed by atoms with Crippen LogP contribution in [0.3, 0.4) is 0 Å². The van der Waals surface area contributed by atoms with E-state index >= 15 is 0 Å². The van der Waals surface area contributed by atoms with Gasteiger partial charge in [0.05, 0.1) is 27.7 Å². The van der Waals surface area contributed by atoms with Crippen molar-refractivity contribution in [3.8, 4) is 10.6 Å². The van der Waals surface area contributed by atoms with Crippen molar-refractivity contribution in [3.05, 3.63) is 35.3 Å². The number of carbonyl (C=O) groups is 2. The molecule has 0 spiro atoms. The van der Waals surface area contributed by atoms with Gasteiger partial charge in [0.15, 0.2) is 5.65 Å². The lowest BCUT2D eigenvalue weighted by atomic mass is 9.94.